The van der Waals surface area contributed by atoms with E-state index in [4.69, 9.17) is 12.2 Å². The maximum Gasteiger partial charge on any atom is 0.166 e. The van der Waals surface area contributed by atoms with E-state index in [0.717, 1.165) is 18.2 Å². The van der Waals surface area contributed by atoms with Crippen LogP contribution in [0, 0.1) is 0 Å². The van der Waals surface area contributed by atoms with E-state index >= 15 is 0 Å². The molecule has 8 N–H and O–H groups in total. The lowest BCUT2D eigenvalue weighted by Gasteiger charge is -2.03. The van der Waals surface area contributed by atoms with Gasteiger partial charge in [0, 0.05) is 13.1 Å². The van der Waals surface area contributed by atoms with Crippen molar-refractivity contribution >= 4 is 17.3 Å². The number of rotatable bonds is 2. The normalized spacial score (nSPS) is 6.60. The van der Waals surface area contributed by atoms with E-state index in [9.17, 15) is 0 Å². The predicted octanol–water partition coefficient (Wildman–Crippen LogP) is 0.814. The average Bonchev–Trinajstić information content (AvgIpc) is 1.68. The Kier molecular flexibility index (Phi) is 18.6. The molecule has 0 aliphatic heterocycles. The lowest BCUT2D eigenvalue weighted by Crippen LogP contribution is -2.34. The van der Waals surface area contributed by atoms with Gasteiger partial charge in [-0.25, -0.2) is 0 Å². The Morgan fingerprint density at radius 1 is 1.10 bits per heavy atom. The van der Waals surface area contributed by atoms with Gasteiger partial charge < -0.3 is 22.9 Å². The second-order valence-corrected chi connectivity index (χ2v) is 1.80. The molecule has 4 nitrogen and oxygen atoms in total. The van der Waals surface area contributed by atoms with Gasteiger partial charge >= 0.3 is 0 Å². The third-order valence-electron chi connectivity index (χ3n) is 0.675. The second-order valence-electron chi connectivity index (χ2n) is 1.39. The molecule has 0 radical (unpaired) electrons. The molecule has 64 valence electrons. The molecular formula is C5H18N4S. The van der Waals surface area contributed by atoms with Crippen molar-refractivity contribution in [1.82, 2.24) is 22.9 Å². The summed E-state index contributed by atoms with van der Waals surface area (Å²) in [5.74, 6) is 0. The van der Waals surface area contributed by atoms with E-state index in [1.54, 1.807) is 0 Å². The average molecular weight is 166 g/mol. The Balaban J connectivity index is -0.000000245. The van der Waals surface area contributed by atoms with Crippen LogP contribution in [0.1, 0.15) is 13.8 Å². The number of nitrogens with one attached hydrogen (secondary N) is 2. The first-order valence-corrected chi connectivity index (χ1v) is 3.23. The standard InChI is InChI=1S/C5H12N2S.2H3N/c1-3-6-5(8)7-4-2;;/h3-4H2,1-2H3,(H2,6,7,8);2*1H3. The lowest BCUT2D eigenvalue weighted by molar-refractivity contribution is 0.883. The van der Waals surface area contributed by atoms with Crippen molar-refractivity contribution in [2.45, 2.75) is 13.8 Å². The first kappa shape index (κ1) is 16.3. The summed E-state index contributed by atoms with van der Waals surface area (Å²) < 4.78 is 0. The van der Waals surface area contributed by atoms with Crippen LogP contribution in [0.25, 0.3) is 0 Å². The summed E-state index contributed by atoms with van der Waals surface area (Å²) in [6, 6.07) is 0. The molecule has 0 heterocycles. The van der Waals surface area contributed by atoms with Crippen LogP contribution in [0.5, 0.6) is 0 Å². The van der Waals surface area contributed by atoms with Crippen LogP contribution in [-0.2, 0) is 0 Å². The summed E-state index contributed by atoms with van der Waals surface area (Å²) in [5.41, 5.74) is 0. The van der Waals surface area contributed by atoms with Crippen LogP contribution in [0.4, 0.5) is 0 Å². The van der Waals surface area contributed by atoms with Gasteiger partial charge in [-0.3, -0.25) is 0 Å². The van der Waals surface area contributed by atoms with Crippen LogP contribution < -0.4 is 22.9 Å². The molecule has 5 heteroatoms. The quantitative estimate of drug-likeness (QED) is 0.455. The largest absolute Gasteiger partial charge is 0.363 e. The Hall–Kier alpha value is -0.390. The highest BCUT2D eigenvalue weighted by Gasteiger charge is 1.84. The molecule has 0 saturated heterocycles. The van der Waals surface area contributed by atoms with Gasteiger partial charge in [0.15, 0.2) is 5.11 Å². The number of thiocarbonyl (C=S) groups is 1. The predicted molar refractivity (Wildman–Crippen MR) is 50.0 cm³/mol. The van der Waals surface area contributed by atoms with Gasteiger partial charge in [-0.2, -0.15) is 0 Å². The fourth-order valence-corrected chi connectivity index (χ4v) is 0.672. The van der Waals surface area contributed by atoms with Crippen LogP contribution >= 0.6 is 12.2 Å². The zero-order chi connectivity index (χ0) is 6.41. The van der Waals surface area contributed by atoms with E-state index < -0.39 is 0 Å². The molecule has 0 saturated carbocycles. The van der Waals surface area contributed by atoms with Gasteiger partial charge in [-0.15, -0.1) is 0 Å². The molecule has 0 aromatic carbocycles. The van der Waals surface area contributed by atoms with Crippen molar-refractivity contribution < 1.29 is 0 Å². The van der Waals surface area contributed by atoms with E-state index in [-0.39, 0.29) is 12.3 Å². The molecule has 0 aromatic heterocycles. The Morgan fingerprint density at radius 3 is 1.60 bits per heavy atom. The number of hydrogen-bond acceptors (Lipinski definition) is 3. The number of hydrogen-bond donors (Lipinski definition) is 4. The van der Waals surface area contributed by atoms with Crippen molar-refractivity contribution in [2.24, 2.45) is 0 Å². The molecule has 0 amide bonds. The minimum absolute atomic E-state index is 0. The molecule has 0 aliphatic carbocycles. The highest BCUT2D eigenvalue weighted by molar-refractivity contribution is 7.80. The lowest BCUT2D eigenvalue weighted by atomic mass is 10.7. The minimum atomic E-state index is 0. The van der Waals surface area contributed by atoms with Gasteiger partial charge in [-0.1, -0.05) is 0 Å². The summed E-state index contributed by atoms with van der Waals surface area (Å²) >= 11 is 4.83. The summed E-state index contributed by atoms with van der Waals surface area (Å²) in [5, 5.41) is 6.68. The SMILES string of the molecule is CCNC(=S)NCC.N.N. The van der Waals surface area contributed by atoms with Gasteiger partial charge in [-0.05, 0) is 26.1 Å². The molecule has 0 unspecified atom stereocenters. The topological polar surface area (TPSA) is 94.1 Å². The molecule has 0 spiro atoms. The Morgan fingerprint density at radius 2 is 1.40 bits per heavy atom. The monoisotopic (exact) mass is 166 g/mol. The van der Waals surface area contributed by atoms with Crippen LogP contribution in [0.3, 0.4) is 0 Å². The Labute approximate surface area is 67.9 Å². The molecule has 10 heavy (non-hydrogen) atoms. The van der Waals surface area contributed by atoms with E-state index in [1.165, 1.54) is 0 Å². The molecular weight excluding hydrogens is 148 g/mol. The van der Waals surface area contributed by atoms with Crippen LogP contribution in [-0.4, -0.2) is 18.2 Å². The first-order chi connectivity index (χ1) is 3.81. The first-order valence-electron chi connectivity index (χ1n) is 2.83. The zero-order valence-electron chi connectivity index (χ0n) is 6.74. The van der Waals surface area contributed by atoms with Crippen molar-refractivity contribution in [3.05, 3.63) is 0 Å². The van der Waals surface area contributed by atoms with Gasteiger partial charge in [0.1, 0.15) is 0 Å². The fourth-order valence-electron chi connectivity index (χ4n) is 0.384. The van der Waals surface area contributed by atoms with Crippen LogP contribution in [0.15, 0.2) is 0 Å². The van der Waals surface area contributed by atoms with Crippen molar-refractivity contribution in [3.63, 3.8) is 0 Å². The van der Waals surface area contributed by atoms with Gasteiger partial charge in [0.2, 0.25) is 0 Å². The maximum absolute atomic E-state index is 4.83. The summed E-state index contributed by atoms with van der Waals surface area (Å²) in [7, 11) is 0. The van der Waals surface area contributed by atoms with E-state index in [2.05, 4.69) is 10.6 Å². The molecule has 0 atom stereocenters. The molecule has 0 aromatic rings. The minimum Gasteiger partial charge on any atom is -0.363 e. The van der Waals surface area contributed by atoms with Crippen molar-refractivity contribution in [1.29, 1.82) is 0 Å². The summed E-state index contributed by atoms with van der Waals surface area (Å²) in [6.07, 6.45) is 0. The molecule has 0 aliphatic rings. The van der Waals surface area contributed by atoms with Crippen molar-refractivity contribution in [3.8, 4) is 0 Å². The van der Waals surface area contributed by atoms with Crippen LogP contribution in [0.2, 0.25) is 0 Å². The Bertz CT molecular complexity index is 68.0. The second kappa shape index (κ2) is 11.4. The molecule has 0 fully saturated rings. The molecule has 0 bridgehead atoms. The van der Waals surface area contributed by atoms with E-state index in [0.29, 0.717) is 0 Å². The molecule has 0 rings (SSSR count). The maximum atomic E-state index is 4.83. The van der Waals surface area contributed by atoms with Crippen molar-refractivity contribution in [2.75, 3.05) is 13.1 Å². The fraction of sp³-hybridized carbons (Fsp3) is 0.800. The highest BCUT2D eigenvalue weighted by Crippen LogP contribution is 1.62. The smallest absolute Gasteiger partial charge is 0.166 e. The highest BCUT2D eigenvalue weighted by atomic mass is 32.1. The summed E-state index contributed by atoms with van der Waals surface area (Å²) in [6.45, 7) is 5.82. The van der Waals surface area contributed by atoms with Gasteiger partial charge in [0.05, 0.1) is 0 Å². The third kappa shape index (κ3) is 10.6. The summed E-state index contributed by atoms with van der Waals surface area (Å²) in [4.78, 5) is 0. The third-order valence-corrected chi connectivity index (χ3v) is 0.963. The van der Waals surface area contributed by atoms with E-state index in [1.807, 2.05) is 13.8 Å². The zero-order valence-corrected chi connectivity index (χ0v) is 7.55. The van der Waals surface area contributed by atoms with Gasteiger partial charge in [0.25, 0.3) is 0 Å².